The normalized spacial score (nSPS) is 10.8. The molecule has 0 spiro atoms. The Hall–Kier alpha value is -0.580. The predicted molar refractivity (Wildman–Crippen MR) is 41.8 cm³/mol. The minimum absolute atomic E-state index is 0.195. The first-order chi connectivity index (χ1) is 5.66. The number of rotatable bonds is 2. The van der Waals surface area contributed by atoms with Gasteiger partial charge in [-0.3, -0.25) is 4.98 Å². The van der Waals surface area contributed by atoms with E-state index in [0.717, 1.165) is 0 Å². The van der Waals surface area contributed by atoms with Crippen molar-refractivity contribution < 1.29 is 13.2 Å². The third-order valence-corrected chi connectivity index (χ3v) is 1.95. The third-order valence-electron chi connectivity index (χ3n) is 1.35. The molecule has 0 unspecified atom stereocenters. The van der Waals surface area contributed by atoms with Crippen molar-refractivity contribution in [2.75, 3.05) is 0 Å². The van der Waals surface area contributed by atoms with Crippen molar-refractivity contribution in [1.29, 1.82) is 0 Å². The molecule has 1 rings (SSSR count). The van der Waals surface area contributed by atoms with E-state index in [4.69, 9.17) is 0 Å². The number of alkyl halides is 3. The molecule has 0 aromatic carbocycles. The summed E-state index contributed by atoms with van der Waals surface area (Å²) in [5.74, 6) is -0.927. The SMILES string of the molecule is Fc1c(CBr)ccnc1C(F)F. The number of nitrogens with zero attached hydrogens (tertiary/aromatic N) is 1. The van der Waals surface area contributed by atoms with Crippen molar-refractivity contribution in [3.05, 3.63) is 29.3 Å². The molecule has 66 valence electrons. The van der Waals surface area contributed by atoms with Gasteiger partial charge in [-0.25, -0.2) is 13.2 Å². The van der Waals surface area contributed by atoms with E-state index in [1.165, 1.54) is 12.3 Å². The van der Waals surface area contributed by atoms with Gasteiger partial charge in [-0.05, 0) is 6.07 Å². The fourth-order valence-electron chi connectivity index (χ4n) is 0.757. The average molecular weight is 240 g/mol. The predicted octanol–water partition coefficient (Wildman–Crippen LogP) is 3.05. The lowest BCUT2D eigenvalue weighted by atomic mass is 10.2. The maximum Gasteiger partial charge on any atom is 0.283 e. The highest BCUT2D eigenvalue weighted by Crippen LogP contribution is 2.22. The maximum absolute atomic E-state index is 13.0. The standard InChI is InChI=1S/C7H5BrF3N/c8-3-4-1-2-12-6(5(4)9)7(10)11/h1-2,7H,3H2. The molecular weight excluding hydrogens is 235 g/mol. The Morgan fingerprint density at radius 2 is 2.17 bits per heavy atom. The summed E-state index contributed by atoms with van der Waals surface area (Å²) in [6.07, 6.45) is -1.69. The maximum atomic E-state index is 13.0. The Morgan fingerprint density at radius 1 is 1.50 bits per heavy atom. The summed E-state index contributed by atoms with van der Waals surface area (Å²) in [5, 5.41) is 0.209. The van der Waals surface area contributed by atoms with Crippen molar-refractivity contribution in [3.63, 3.8) is 0 Å². The van der Waals surface area contributed by atoms with Gasteiger partial charge in [0.1, 0.15) is 5.69 Å². The van der Waals surface area contributed by atoms with Crippen molar-refractivity contribution in [3.8, 4) is 0 Å². The summed E-state index contributed by atoms with van der Waals surface area (Å²) < 4.78 is 37.0. The van der Waals surface area contributed by atoms with Crippen LogP contribution in [0.4, 0.5) is 13.2 Å². The first-order valence-corrected chi connectivity index (χ1v) is 4.26. The molecule has 0 aliphatic carbocycles. The van der Waals surface area contributed by atoms with Crippen LogP contribution in [-0.2, 0) is 5.33 Å². The van der Waals surface area contributed by atoms with Gasteiger partial charge in [-0.2, -0.15) is 0 Å². The Morgan fingerprint density at radius 3 is 2.67 bits per heavy atom. The summed E-state index contributed by atoms with van der Waals surface area (Å²) >= 11 is 2.98. The lowest BCUT2D eigenvalue weighted by molar-refractivity contribution is 0.140. The lowest BCUT2D eigenvalue weighted by Gasteiger charge is -2.03. The molecule has 0 bridgehead atoms. The van der Waals surface area contributed by atoms with Crippen molar-refractivity contribution >= 4 is 15.9 Å². The van der Waals surface area contributed by atoms with E-state index >= 15 is 0 Å². The van der Waals surface area contributed by atoms with Crippen LogP contribution in [0.25, 0.3) is 0 Å². The molecule has 1 aromatic heterocycles. The zero-order chi connectivity index (χ0) is 9.14. The summed E-state index contributed by atoms with van der Waals surface area (Å²) in [6, 6.07) is 1.36. The van der Waals surface area contributed by atoms with Crippen LogP contribution < -0.4 is 0 Å². The molecule has 12 heavy (non-hydrogen) atoms. The second kappa shape index (κ2) is 3.89. The van der Waals surface area contributed by atoms with Gasteiger partial charge >= 0.3 is 0 Å². The van der Waals surface area contributed by atoms with Gasteiger partial charge in [-0.15, -0.1) is 0 Å². The third kappa shape index (κ3) is 1.77. The van der Waals surface area contributed by atoms with Crippen LogP contribution in [0.2, 0.25) is 0 Å². The van der Waals surface area contributed by atoms with E-state index in [2.05, 4.69) is 20.9 Å². The molecule has 1 aromatic rings. The van der Waals surface area contributed by atoms with Crippen LogP contribution in [-0.4, -0.2) is 4.98 Å². The van der Waals surface area contributed by atoms with Gasteiger partial charge < -0.3 is 0 Å². The van der Waals surface area contributed by atoms with Gasteiger partial charge in [0.25, 0.3) is 6.43 Å². The molecule has 0 fully saturated rings. The first kappa shape index (κ1) is 9.51. The van der Waals surface area contributed by atoms with Gasteiger partial charge in [0.05, 0.1) is 0 Å². The smallest absolute Gasteiger partial charge is 0.252 e. The molecule has 0 saturated carbocycles. The second-order valence-corrected chi connectivity index (χ2v) is 2.66. The topological polar surface area (TPSA) is 12.9 Å². The molecule has 0 amide bonds. The zero-order valence-corrected chi connectivity index (χ0v) is 7.48. The van der Waals surface area contributed by atoms with Crippen LogP contribution in [0.15, 0.2) is 12.3 Å². The van der Waals surface area contributed by atoms with E-state index < -0.39 is 17.9 Å². The molecule has 0 saturated heterocycles. The Kier molecular flexibility index (Phi) is 3.08. The van der Waals surface area contributed by atoms with Crippen LogP contribution >= 0.6 is 15.9 Å². The molecule has 5 heteroatoms. The van der Waals surface area contributed by atoms with Crippen LogP contribution in [0.3, 0.4) is 0 Å². The minimum Gasteiger partial charge on any atom is -0.252 e. The summed E-state index contributed by atoms with van der Waals surface area (Å²) in [5.41, 5.74) is -0.591. The molecule has 0 aliphatic heterocycles. The fraction of sp³-hybridized carbons (Fsp3) is 0.286. The van der Waals surface area contributed by atoms with Crippen molar-refractivity contribution in [2.24, 2.45) is 0 Å². The Labute approximate surface area is 75.7 Å². The highest BCUT2D eigenvalue weighted by atomic mass is 79.9. The van der Waals surface area contributed by atoms with E-state index in [-0.39, 0.29) is 10.9 Å². The summed E-state index contributed by atoms with van der Waals surface area (Å²) in [6.45, 7) is 0. The van der Waals surface area contributed by atoms with Crippen LogP contribution in [0, 0.1) is 5.82 Å². The van der Waals surface area contributed by atoms with Gasteiger partial charge in [0, 0.05) is 17.1 Å². The number of aromatic nitrogens is 1. The largest absolute Gasteiger partial charge is 0.283 e. The van der Waals surface area contributed by atoms with Gasteiger partial charge in [0.15, 0.2) is 5.82 Å². The average Bonchev–Trinajstić information content (AvgIpc) is 2.04. The number of hydrogen-bond donors (Lipinski definition) is 0. The fourth-order valence-corrected chi connectivity index (χ4v) is 1.19. The molecule has 1 nitrogen and oxygen atoms in total. The molecule has 1 heterocycles. The number of hydrogen-bond acceptors (Lipinski definition) is 1. The van der Waals surface area contributed by atoms with E-state index in [1.54, 1.807) is 0 Å². The van der Waals surface area contributed by atoms with Crippen molar-refractivity contribution in [1.82, 2.24) is 4.98 Å². The molecule has 0 radical (unpaired) electrons. The summed E-state index contributed by atoms with van der Waals surface area (Å²) in [4.78, 5) is 3.24. The van der Waals surface area contributed by atoms with Crippen LogP contribution in [0.1, 0.15) is 17.7 Å². The highest BCUT2D eigenvalue weighted by Gasteiger charge is 2.16. The number of halogens is 4. The van der Waals surface area contributed by atoms with E-state index in [9.17, 15) is 13.2 Å². The number of pyridine rings is 1. The van der Waals surface area contributed by atoms with Crippen molar-refractivity contribution in [2.45, 2.75) is 11.8 Å². The van der Waals surface area contributed by atoms with Crippen LogP contribution in [0.5, 0.6) is 0 Å². The van der Waals surface area contributed by atoms with Gasteiger partial charge in [0.2, 0.25) is 0 Å². The Balaban J connectivity index is 3.14. The Bertz CT molecular complexity index is 277. The highest BCUT2D eigenvalue weighted by molar-refractivity contribution is 9.08. The quantitative estimate of drug-likeness (QED) is 0.724. The minimum atomic E-state index is -2.86. The molecule has 0 atom stereocenters. The van der Waals surface area contributed by atoms with Gasteiger partial charge in [-0.1, -0.05) is 15.9 Å². The molecule has 0 aliphatic rings. The molecular formula is C7H5BrF3N. The molecule has 0 N–H and O–H groups in total. The van der Waals surface area contributed by atoms with E-state index in [1.807, 2.05) is 0 Å². The van der Waals surface area contributed by atoms with E-state index in [0.29, 0.717) is 0 Å². The second-order valence-electron chi connectivity index (χ2n) is 2.10. The zero-order valence-electron chi connectivity index (χ0n) is 5.90. The lowest BCUT2D eigenvalue weighted by Crippen LogP contribution is -1.98. The first-order valence-electron chi connectivity index (χ1n) is 3.14. The monoisotopic (exact) mass is 239 g/mol. The summed E-state index contributed by atoms with van der Waals surface area (Å²) in [7, 11) is 0.